The van der Waals surface area contributed by atoms with Crippen LogP contribution < -0.4 is 5.46 Å². The van der Waals surface area contributed by atoms with Gasteiger partial charge in [-0.1, -0.05) is 36.4 Å². The molecule has 1 heterocycles. The number of benzene rings is 2. The summed E-state index contributed by atoms with van der Waals surface area (Å²) in [7, 11) is -0.563. The van der Waals surface area contributed by atoms with Crippen molar-refractivity contribution in [1.82, 2.24) is 0 Å². The Morgan fingerprint density at radius 3 is 2.10 bits per heavy atom. The Kier molecular flexibility index (Phi) is 5.73. The summed E-state index contributed by atoms with van der Waals surface area (Å²) < 4.78 is 52.3. The molecule has 0 unspecified atom stereocenters. The molecule has 0 aliphatic carbocycles. The lowest BCUT2D eigenvalue weighted by Gasteiger charge is -2.32. The lowest BCUT2D eigenvalue weighted by Crippen LogP contribution is -2.41. The van der Waals surface area contributed by atoms with E-state index < -0.39 is 30.1 Å². The second-order valence-corrected chi connectivity index (χ2v) is 8.45. The van der Waals surface area contributed by atoms with E-state index >= 15 is 0 Å². The van der Waals surface area contributed by atoms with E-state index in [0.717, 1.165) is 28.7 Å². The van der Waals surface area contributed by atoms with Crippen LogP contribution in [0.5, 0.6) is 0 Å². The maximum Gasteiger partial charge on any atom is 0.495 e. The van der Waals surface area contributed by atoms with Gasteiger partial charge in [0.1, 0.15) is 6.29 Å². The normalized spacial score (nSPS) is 18.2. The minimum atomic E-state index is -4.51. The van der Waals surface area contributed by atoms with Gasteiger partial charge in [0.2, 0.25) is 0 Å². The van der Waals surface area contributed by atoms with E-state index in [1.165, 1.54) is 12.1 Å². The highest BCUT2D eigenvalue weighted by molar-refractivity contribution is 6.62. The van der Waals surface area contributed by atoms with Gasteiger partial charge in [0.25, 0.3) is 0 Å². The average molecular weight is 416 g/mol. The zero-order valence-corrected chi connectivity index (χ0v) is 17.6. The van der Waals surface area contributed by atoms with E-state index in [4.69, 9.17) is 9.31 Å². The van der Waals surface area contributed by atoms with Crippen LogP contribution in [0.2, 0.25) is 0 Å². The first kappa shape index (κ1) is 22.3. The Morgan fingerprint density at radius 2 is 1.53 bits per heavy atom. The molecule has 7 heteroatoms. The molecule has 1 aliphatic heterocycles. The van der Waals surface area contributed by atoms with Gasteiger partial charge < -0.3 is 9.31 Å². The van der Waals surface area contributed by atoms with Crippen molar-refractivity contribution in [2.75, 3.05) is 0 Å². The maximum absolute atomic E-state index is 13.3. The zero-order valence-electron chi connectivity index (χ0n) is 17.6. The molecular formula is C23H24BF3O3. The number of alkyl halides is 3. The van der Waals surface area contributed by atoms with E-state index in [2.05, 4.69) is 0 Å². The highest BCUT2D eigenvalue weighted by Gasteiger charge is 2.52. The van der Waals surface area contributed by atoms with Crippen LogP contribution in [0.25, 0.3) is 12.2 Å². The van der Waals surface area contributed by atoms with Crippen molar-refractivity contribution >= 4 is 31.0 Å². The number of carbonyl (C=O) groups excluding carboxylic acids is 1. The van der Waals surface area contributed by atoms with Crippen molar-refractivity contribution < 1.29 is 27.3 Å². The van der Waals surface area contributed by atoms with Crippen molar-refractivity contribution in [3.63, 3.8) is 0 Å². The van der Waals surface area contributed by atoms with Crippen LogP contribution in [-0.4, -0.2) is 24.6 Å². The Bertz CT molecular complexity index is 978. The largest absolute Gasteiger partial charge is 0.495 e. The molecular weight excluding hydrogens is 392 g/mol. The van der Waals surface area contributed by atoms with E-state index in [1.807, 2.05) is 52.8 Å². The van der Waals surface area contributed by atoms with Gasteiger partial charge in [0, 0.05) is 5.56 Å². The molecule has 0 amide bonds. The lowest BCUT2D eigenvalue weighted by atomic mass is 9.75. The second kappa shape index (κ2) is 7.71. The third-order valence-corrected chi connectivity index (χ3v) is 5.88. The van der Waals surface area contributed by atoms with Gasteiger partial charge in [0.05, 0.1) is 16.8 Å². The summed E-state index contributed by atoms with van der Waals surface area (Å²) in [5.74, 6) is 0. The van der Waals surface area contributed by atoms with Crippen molar-refractivity contribution in [2.45, 2.75) is 52.0 Å². The maximum atomic E-state index is 13.3. The molecule has 2 aromatic carbocycles. The summed E-state index contributed by atoms with van der Waals surface area (Å²) in [5, 5.41) is 0. The molecule has 2 aromatic rings. The number of hydrogen-bond donors (Lipinski definition) is 0. The summed E-state index contributed by atoms with van der Waals surface area (Å²) in [5.41, 5.74) is 0.773. The summed E-state index contributed by atoms with van der Waals surface area (Å²) >= 11 is 0. The fraction of sp³-hybridized carbons (Fsp3) is 0.348. The lowest BCUT2D eigenvalue weighted by molar-refractivity contribution is -0.137. The number of halogens is 3. The van der Waals surface area contributed by atoms with Crippen LogP contribution in [0, 0.1) is 6.92 Å². The molecule has 1 saturated heterocycles. The predicted octanol–water partition coefficient (Wildman–Crippen LogP) is 5.30. The topological polar surface area (TPSA) is 35.5 Å². The molecule has 1 aliphatic rings. The van der Waals surface area contributed by atoms with Gasteiger partial charge in [-0.25, -0.2) is 0 Å². The van der Waals surface area contributed by atoms with Gasteiger partial charge in [-0.05, 0) is 68.9 Å². The van der Waals surface area contributed by atoms with Gasteiger partial charge in [-0.2, -0.15) is 13.2 Å². The molecule has 0 N–H and O–H groups in total. The zero-order chi connectivity index (χ0) is 22.3. The molecule has 0 aromatic heterocycles. The number of carbonyl (C=O) groups is 1. The fourth-order valence-corrected chi connectivity index (χ4v) is 3.31. The first-order chi connectivity index (χ1) is 13.9. The highest BCUT2D eigenvalue weighted by atomic mass is 19.4. The minimum absolute atomic E-state index is 0.0625. The Balaban J connectivity index is 1.97. The van der Waals surface area contributed by atoms with Crippen LogP contribution in [0.4, 0.5) is 13.2 Å². The standard InChI is InChI=1S/C23H24BF3O3/c1-15-17(7-6-8-20(15)24-29-21(2,3)22(4,5)30-24)10-11-18-13-16(14-28)9-12-19(18)23(25,26)27/h6-14H,1-5H3/b11-10+. The molecule has 0 bridgehead atoms. The molecule has 0 spiro atoms. The SMILES string of the molecule is Cc1c(/C=C/c2cc(C=O)ccc2C(F)(F)F)cccc1B1OC(C)(C)C(C)(C)O1. The Morgan fingerprint density at radius 1 is 0.933 bits per heavy atom. The third kappa shape index (κ3) is 4.23. The quantitative estimate of drug-likeness (QED) is 0.386. The van der Waals surface area contributed by atoms with Crippen LogP contribution in [-0.2, 0) is 15.5 Å². The minimum Gasteiger partial charge on any atom is -0.399 e. The van der Waals surface area contributed by atoms with Crippen LogP contribution in [0.3, 0.4) is 0 Å². The summed E-state index contributed by atoms with van der Waals surface area (Å²) in [6.07, 6.45) is -0.988. The smallest absolute Gasteiger partial charge is 0.399 e. The summed E-state index contributed by atoms with van der Waals surface area (Å²) in [4.78, 5) is 11.0. The Hall–Kier alpha value is -2.38. The van der Waals surface area contributed by atoms with Crippen molar-refractivity contribution in [3.8, 4) is 0 Å². The van der Waals surface area contributed by atoms with E-state index in [1.54, 1.807) is 6.08 Å². The Labute approximate surface area is 175 Å². The van der Waals surface area contributed by atoms with E-state index in [0.29, 0.717) is 6.29 Å². The molecule has 3 rings (SSSR count). The molecule has 1 fully saturated rings. The van der Waals surface area contributed by atoms with Crippen LogP contribution in [0.1, 0.15) is 60.3 Å². The third-order valence-electron chi connectivity index (χ3n) is 5.88. The van der Waals surface area contributed by atoms with Crippen LogP contribution >= 0.6 is 0 Å². The summed E-state index contributed by atoms with van der Waals surface area (Å²) in [6, 6.07) is 8.86. The number of aldehydes is 1. The van der Waals surface area contributed by atoms with Crippen molar-refractivity contribution in [3.05, 3.63) is 64.2 Å². The highest BCUT2D eigenvalue weighted by Crippen LogP contribution is 2.37. The van der Waals surface area contributed by atoms with Crippen molar-refractivity contribution in [2.24, 2.45) is 0 Å². The first-order valence-corrected chi connectivity index (χ1v) is 9.65. The molecule has 30 heavy (non-hydrogen) atoms. The van der Waals surface area contributed by atoms with Gasteiger partial charge >= 0.3 is 13.3 Å². The first-order valence-electron chi connectivity index (χ1n) is 9.65. The number of rotatable bonds is 4. The molecule has 158 valence electrons. The molecule has 0 saturated carbocycles. The average Bonchev–Trinajstić information content (AvgIpc) is 2.87. The molecule has 0 atom stereocenters. The molecule has 3 nitrogen and oxygen atoms in total. The van der Waals surface area contributed by atoms with Gasteiger partial charge in [-0.3, -0.25) is 4.79 Å². The number of hydrogen-bond acceptors (Lipinski definition) is 3. The van der Waals surface area contributed by atoms with Gasteiger partial charge in [-0.15, -0.1) is 0 Å². The monoisotopic (exact) mass is 416 g/mol. The van der Waals surface area contributed by atoms with E-state index in [-0.39, 0.29) is 11.1 Å². The van der Waals surface area contributed by atoms with E-state index in [9.17, 15) is 18.0 Å². The second-order valence-electron chi connectivity index (χ2n) is 8.45. The summed E-state index contributed by atoms with van der Waals surface area (Å²) in [6.45, 7) is 9.73. The predicted molar refractivity (Wildman–Crippen MR) is 113 cm³/mol. The fourth-order valence-electron chi connectivity index (χ4n) is 3.31. The van der Waals surface area contributed by atoms with Gasteiger partial charge in [0.15, 0.2) is 0 Å². The molecule has 0 radical (unpaired) electrons. The van der Waals surface area contributed by atoms with Crippen molar-refractivity contribution in [1.29, 1.82) is 0 Å². The van der Waals surface area contributed by atoms with Crippen LogP contribution in [0.15, 0.2) is 36.4 Å².